The van der Waals surface area contributed by atoms with E-state index in [1.54, 1.807) is 7.11 Å². The lowest BCUT2D eigenvalue weighted by Crippen LogP contribution is -2.49. The summed E-state index contributed by atoms with van der Waals surface area (Å²) in [4.78, 5) is 16.7. The van der Waals surface area contributed by atoms with Gasteiger partial charge in [-0.05, 0) is 17.7 Å². The zero-order valence-corrected chi connectivity index (χ0v) is 15.4. The highest BCUT2D eigenvalue weighted by atomic mass is 16.5. The van der Waals surface area contributed by atoms with Gasteiger partial charge in [0.2, 0.25) is 5.91 Å². The molecule has 26 heavy (non-hydrogen) atoms. The molecule has 1 amide bonds. The molecule has 0 saturated carbocycles. The van der Waals surface area contributed by atoms with Gasteiger partial charge in [0, 0.05) is 45.7 Å². The van der Waals surface area contributed by atoms with Crippen LogP contribution < -0.4 is 15.0 Å². The van der Waals surface area contributed by atoms with Gasteiger partial charge in [0.15, 0.2) is 0 Å². The number of para-hydroxylation sites is 2. The Morgan fingerprint density at radius 3 is 2.42 bits per heavy atom. The molecule has 2 aromatic carbocycles. The molecule has 1 fully saturated rings. The maximum Gasteiger partial charge on any atom is 0.223 e. The van der Waals surface area contributed by atoms with Crippen molar-refractivity contribution >= 4 is 11.6 Å². The number of methoxy groups -OCH3 is 1. The second-order valence-electron chi connectivity index (χ2n) is 6.45. The number of carbonyl (C=O) groups excluding carboxylic acids is 1. The van der Waals surface area contributed by atoms with E-state index in [0.29, 0.717) is 13.0 Å². The number of nitrogens with zero attached hydrogens (tertiary/aromatic N) is 2. The highest BCUT2D eigenvalue weighted by Gasteiger charge is 2.22. The molecule has 5 nitrogen and oxygen atoms in total. The summed E-state index contributed by atoms with van der Waals surface area (Å²) in [6.45, 7) is 4.70. The van der Waals surface area contributed by atoms with Crippen molar-refractivity contribution in [2.45, 2.75) is 13.0 Å². The molecule has 2 aromatic rings. The van der Waals surface area contributed by atoms with Gasteiger partial charge in [0.1, 0.15) is 5.75 Å². The summed E-state index contributed by atoms with van der Waals surface area (Å²) in [7, 11) is 1.70. The van der Waals surface area contributed by atoms with Gasteiger partial charge >= 0.3 is 0 Å². The van der Waals surface area contributed by atoms with Gasteiger partial charge in [-0.3, -0.25) is 4.79 Å². The molecule has 1 saturated heterocycles. The summed E-state index contributed by atoms with van der Waals surface area (Å²) >= 11 is 0. The van der Waals surface area contributed by atoms with Crippen LogP contribution in [0.4, 0.5) is 5.69 Å². The molecule has 0 spiro atoms. The zero-order chi connectivity index (χ0) is 18.2. The Morgan fingerprint density at radius 2 is 1.69 bits per heavy atom. The second-order valence-corrected chi connectivity index (χ2v) is 6.45. The average molecular weight is 353 g/mol. The van der Waals surface area contributed by atoms with Crippen LogP contribution >= 0.6 is 0 Å². The normalized spacial score (nSPS) is 14.3. The van der Waals surface area contributed by atoms with Gasteiger partial charge in [-0.1, -0.05) is 42.5 Å². The SMILES string of the molecule is COc1ccccc1N1CCN(C(=O)CCNCc2ccccc2)CC1. The summed E-state index contributed by atoms with van der Waals surface area (Å²) in [5.74, 6) is 1.11. The Balaban J connectivity index is 1.41. The summed E-state index contributed by atoms with van der Waals surface area (Å²) in [5.41, 5.74) is 2.34. The average Bonchev–Trinajstić information content (AvgIpc) is 2.72. The van der Waals surface area contributed by atoms with Crippen molar-refractivity contribution in [1.29, 1.82) is 0 Å². The van der Waals surface area contributed by atoms with Crippen molar-refractivity contribution in [3.63, 3.8) is 0 Å². The predicted octanol–water partition coefficient (Wildman–Crippen LogP) is 2.52. The topological polar surface area (TPSA) is 44.8 Å². The molecule has 0 radical (unpaired) electrons. The van der Waals surface area contributed by atoms with Crippen LogP contribution in [-0.2, 0) is 11.3 Å². The van der Waals surface area contributed by atoms with Gasteiger partial charge < -0.3 is 19.9 Å². The summed E-state index contributed by atoms with van der Waals surface area (Å²) in [6, 6.07) is 18.3. The molecule has 0 aliphatic carbocycles. The van der Waals surface area contributed by atoms with Crippen LogP contribution in [0.25, 0.3) is 0 Å². The molecule has 3 rings (SSSR count). The van der Waals surface area contributed by atoms with Crippen molar-refractivity contribution in [1.82, 2.24) is 10.2 Å². The third kappa shape index (κ3) is 4.76. The van der Waals surface area contributed by atoms with Gasteiger partial charge in [-0.15, -0.1) is 0 Å². The van der Waals surface area contributed by atoms with Crippen LogP contribution in [0.15, 0.2) is 54.6 Å². The molecule has 0 aromatic heterocycles. The minimum atomic E-state index is 0.227. The molecule has 0 bridgehead atoms. The number of benzene rings is 2. The van der Waals surface area contributed by atoms with Gasteiger partial charge in [-0.2, -0.15) is 0 Å². The molecule has 1 heterocycles. The highest BCUT2D eigenvalue weighted by Crippen LogP contribution is 2.28. The lowest BCUT2D eigenvalue weighted by Gasteiger charge is -2.36. The number of amides is 1. The van der Waals surface area contributed by atoms with Crippen LogP contribution in [0.3, 0.4) is 0 Å². The number of anilines is 1. The second kappa shape index (κ2) is 9.25. The Morgan fingerprint density at radius 1 is 1.00 bits per heavy atom. The first-order valence-electron chi connectivity index (χ1n) is 9.18. The maximum atomic E-state index is 12.4. The Bertz CT molecular complexity index is 697. The Labute approximate surface area is 155 Å². The van der Waals surface area contributed by atoms with Crippen molar-refractivity contribution in [3.8, 4) is 5.75 Å². The molecule has 1 N–H and O–H groups in total. The predicted molar refractivity (Wildman–Crippen MR) is 105 cm³/mol. The molecule has 1 aliphatic rings. The first kappa shape index (κ1) is 18.3. The van der Waals surface area contributed by atoms with Gasteiger partial charge in [0.05, 0.1) is 12.8 Å². The number of ether oxygens (including phenoxy) is 1. The smallest absolute Gasteiger partial charge is 0.223 e. The third-order valence-electron chi connectivity index (χ3n) is 4.75. The number of carbonyl (C=O) groups is 1. The molecular weight excluding hydrogens is 326 g/mol. The standard InChI is InChI=1S/C21H27N3O2/c1-26-20-10-6-5-9-19(20)23-13-15-24(16-14-23)21(25)11-12-22-17-18-7-3-2-4-8-18/h2-10,22H,11-17H2,1H3. The lowest BCUT2D eigenvalue weighted by molar-refractivity contribution is -0.131. The molecular formula is C21H27N3O2. The maximum absolute atomic E-state index is 12.4. The van der Waals surface area contributed by atoms with Crippen molar-refractivity contribution in [2.75, 3.05) is 44.7 Å². The molecule has 0 unspecified atom stereocenters. The van der Waals surface area contributed by atoms with E-state index < -0.39 is 0 Å². The van der Waals surface area contributed by atoms with Crippen molar-refractivity contribution in [3.05, 3.63) is 60.2 Å². The third-order valence-corrected chi connectivity index (χ3v) is 4.75. The van der Waals surface area contributed by atoms with E-state index in [9.17, 15) is 4.79 Å². The van der Waals surface area contributed by atoms with Crippen LogP contribution in [0, 0.1) is 0 Å². The first-order valence-corrected chi connectivity index (χ1v) is 9.18. The monoisotopic (exact) mass is 353 g/mol. The summed E-state index contributed by atoms with van der Waals surface area (Å²) in [5, 5.41) is 3.35. The minimum absolute atomic E-state index is 0.227. The van der Waals surface area contributed by atoms with Gasteiger partial charge in [-0.25, -0.2) is 0 Å². The quantitative estimate of drug-likeness (QED) is 0.777. The van der Waals surface area contributed by atoms with Crippen molar-refractivity contribution < 1.29 is 9.53 Å². The Kier molecular flexibility index (Phi) is 6.50. The van der Waals surface area contributed by atoms with Crippen LogP contribution in [0.1, 0.15) is 12.0 Å². The molecule has 1 aliphatic heterocycles. The van der Waals surface area contributed by atoms with Crippen LogP contribution in [-0.4, -0.2) is 50.6 Å². The molecule has 5 heteroatoms. The van der Waals surface area contributed by atoms with E-state index in [-0.39, 0.29) is 5.91 Å². The van der Waals surface area contributed by atoms with Crippen LogP contribution in [0.2, 0.25) is 0 Å². The Hall–Kier alpha value is -2.53. The number of rotatable bonds is 7. The molecule has 138 valence electrons. The van der Waals surface area contributed by atoms with E-state index in [2.05, 4.69) is 28.4 Å². The highest BCUT2D eigenvalue weighted by molar-refractivity contribution is 5.76. The van der Waals surface area contributed by atoms with E-state index in [0.717, 1.165) is 44.2 Å². The molecule has 0 atom stereocenters. The van der Waals surface area contributed by atoms with E-state index in [4.69, 9.17) is 4.74 Å². The van der Waals surface area contributed by atoms with Gasteiger partial charge in [0.25, 0.3) is 0 Å². The summed E-state index contributed by atoms with van der Waals surface area (Å²) < 4.78 is 5.44. The largest absolute Gasteiger partial charge is 0.495 e. The number of nitrogens with one attached hydrogen (secondary N) is 1. The lowest BCUT2D eigenvalue weighted by atomic mass is 10.2. The number of hydrogen-bond acceptors (Lipinski definition) is 4. The fourth-order valence-electron chi connectivity index (χ4n) is 3.27. The fraction of sp³-hybridized carbons (Fsp3) is 0.381. The van der Waals surface area contributed by atoms with E-state index >= 15 is 0 Å². The summed E-state index contributed by atoms with van der Waals surface area (Å²) in [6.07, 6.45) is 0.543. The van der Waals surface area contributed by atoms with E-state index in [1.165, 1.54) is 5.56 Å². The fourth-order valence-corrected chi connectivity index (χ4v) is 3.27. The van der Waals surface area contributed by atoms with Crippen molar-refractivity contribution in [2.24, 2.45) is 0 Å². The number of hydrogen-bond donors (Lipinski definition) is 1. The minimum Gasteiger partial charge on any atom is -0.495 e. The van der Waals surface area contributed by atoms with Crippen LogP contribution in [0.5, 0.6) is 5.75 Å². The zero-order valence-electron chi connectivity index (χ0n) is 15.4. The first-order chi connectivity index (χ1) is 12.8. The number of piperazine rings is 1. The van der Waals surface area contributed by atoms with E-state index in [1.807, 2.05) is 41.3 Å².